The van der Waals surface area contributed by atoms with Crippen LogP contribution in [-0.2, 0) is 9.59 Å². The number of amides is 2. The average Bonchev–Trinajstić information content (AvgIpc) is 3.24. The van der Waals surface area contributed by atoms with Gasteiger partial charge in [-0.25, -0.2) is 4.68 Å². The molecule has 0 aliphatic carbocycles. The van der Waals surface area contributed by atoms with E-state index in [1.165, 1.54) is 37.6 Å². The number of carbonyl (C=O) groups is 3. The number of fused-ring (bicyclic) bond motifs is 3. The number of nitro groups is 1. The molecule has 0 atom stereocenters. The fourth-order valence-corrected chi connectivity index (χ4v) is 3.88. The predicted molar refractivity (Wildman–Crippen MR) is 115 cm³/mol. The van der Waals surface area contributed by atoms with E-state index in [9.17, 15) is 24.5 Å². The topological polar surface area (TPSA) is 107 Å². The quantitative estimate of drug-likeness (QED) is 0.285. The van der Waals surface area contributed by atoms with E-state index >= 15 is 0 Å². The van der Waals surface area contributed by atoms with Crippen LogP contribution in [0.2, 0.25) is 0 Å². The number of ketones is 1. The van der Waals surface area contributed by atoms with Gasteiger partial charge in [0.1, 0.15) is 5.65 Å². The highest BCUT2D eigenvalue weighted by Crippen LogP contribution is 2.34. The van der Waals surface area contributed by atoms with Gasteiger partial charge in [0.25, 0.3) is 5.69 Å². The Balaban J connectivity index is 2.12. The largest absolute Gasteiger partial charge is 0.298 e. The van der Waals surface area contributed by atoms with Gasteiger partial charge >= 0.3 is 0 Å². The van der Waals surface area contributed by atoms with Crippen LogP contribution in [-0.4, -0.2) is 31.6 Å². The molecule has 0 aliphatic rings. The van der Waals surface area contributed by atoms with Gasteiger partial charge < -0.3 is 0 Å². The van der Waals surface area contributed by atoms with Crippen LogP contribution in [0.25, 0.3) is 27.8 Å². The second-order valence-electron chi connectivity index (χ2n) is 7.12. The van der Waals surface area contributed by atoms with Gasteiger partial charge in [-0.05, 0) is 36.8 Å². The highest BCUT2D eigenvalue weighted by atomic mass is 16.6. The SMILES string of the molecule is CC(=O)c1c(-c2ccc([N+](=O)[O-])cc2)cn2c3ccccc3n(N(C(C)=O)C(C)=O)c12. The zero-order valence-electron chi connectivity index (χ0n) is 17.0. The molecular weight excluding hydrogens is 400 g/mol. The molecule has 4 rings (SSSR count). The lowest BCUT2D eigenvalue weighted by molar-refractivity contribution is -0.384. The maximum absolute atomic E-state index is 12.8. The molecule has 0 fully saturated rings. The molecular formula is C22H18N4O5. The summed E-state index contributed by atoms with van der Waals surface area (Å²) in [6.07, 6.45) is 1.74. The molecule has 2 amide bonds. The van der Waals surface area contributed by atoms with Crippen LogP contribution < -0.4 is 5.01 Å². The van der Waals surface area contributed by atoms with Gasteiger partial charge in [-0.15, -0.1) is 0 Å². The van der Waals surface area contributed by atoms with E-state index in [4.69, 9.17) is 0 Å². The first-order valence-corrected chi connectivity index (χ1v) is 9.44. The lowest BCUT2D eigenvalue weighted by Crippen LogP contribution is -2.42. The van der Waals surface area contributed by atoms with E-state index in [2.05, 4.69) is 0 Å². The van der Waals surface area contributed by atoms with E-state index in [0.29, 0.717) is 33.4 Å². The number of rotatable bonds is 4. The van der Waals surface area contributed by atoms with Gasteiger partial charge in [0.05, 0.1) is 21.5 Å². The van der Waals surface area contributed by atoms with Gasteiger partial charge in [-0.3, -0.25) is 28.9 Å². The van der Waals surface area contributed by atoms with Crippen molar-refractivity contribution in [3.05, 3.63) is 70.4 Å². The van der Waals surface area contributed by atoms with Crippen molar-refractivity contribution in [3.8, 4) is 11.1 Å². The van der Waals surface area contributed by atoms with Crippen LogP contribution >= 0.6 is 0 Å². The van der Waals surface area contributed by atoms with Crippen molar-refractivity contribution in [1.82, 2.24) is 9.08 Å². The fraction of sp³-hybridized carbons (Fsp3) is 0.136. The maximum atomic E-state index is 12.8. The van der Waals surface area contributed by atoms with Crippen LogP contribution in [0, 0.1) is 10.1 Å². The van der Waals surface area contributed by atoms with Gasteiger partial charge in [-0.1, -0.05) is 12.1 Å². The Bertz CT molecular complexity index is 1380. The van der Waals surface area contributed by atoms with E-state index < -0.39 is 16.7 Å². The molecule has 0 radical (unpaired) electrons. The van der Waals surface area contributed by atoms with Crippen LogP contribution in [0.3, 0.4) is 0 Å². The molecule has 0 spiro atoms. The third kappa shape index (κ3) is 3.07. The number of para-hydroxylation sites is 2. The summed E-state index contributed by atoms with van der Waals surface area (Å²) in [5, 5.41) is 12.0. The summed E-state index contributed by atoms with van der Waals surface area (Å²) >= 11 is 0. The number of carbonyl (C=O) groups excluding carboxylic acids is 3. The predicted octanol–water partition coefficient (Wildman–Crippen LogP) is 3.70. The minimum absolute atomic E-state index is 0.0637. The summed E-state index contributed by atoms with van der Waals surface area (Å²) in [6, 6.07) is 13.0. The number of hydrogen-bond donors (Lipinski definition) is 0. The summed E-state index contributed by atoms with van der Waals surface area (Å²) in [6.45, 7) is 3.96. The van der Waals surface area contributed by atoms with E-state index in [0.717, 1.165) is 5.01 Å². The van der Waals surface area contributed by atoms with Crippen molar-refractivity contribution in [3.63, 3.8) is 0 Å². The summed E-state index contributed by atoms with van der Waals surface area (Å²) in [4.78, 5) is 48.0. The van der Waals surface area contributed by atoms with Crippen molar-refractivity contribution in [1.29, 1.82) is 0 Å². The van der Waals surface area contributed by atoms with Crippen LogP contribution in [0.5, 0.6) is 0 Å². The summed E-state index contributed by atoms with van der Waals surface area (Å²) in [5.74, 6) is -1.27. The third-order valence-electron chi connectivity index (χ3n) is 5.09. The molecule has 2 aromatic heterocycles. The van der Waals surface area contributed by atoms with Crippen molar-refractivity contribution >= 4 is 40.0 Å². The molecule has 0 aliphatic heterocycles. The zero-order valence-corrected chi connectivity index (χ0v) is 17.0. The Morgan fingerprint density at radius 2 is 1.48 bits per heavy atom. The standard InChI is InChI=1S/C22H18N4O5/c1-13(27)21-18(16-8-10-17(11-9-16)26(30)31)12-23-19-6-4-5-7-20(19)25(22(21)23)24(14(2)28)15(3)29/h4-12H,1-3H3. The first kappa shape index (κ1) is 20.0. The van der Waals surface area contributed by atoms with Gasteiger partial charge in [0.15, 0.2) is 5.78 Å². The van der Waals surface area contributed by atoms with E-state index in [1.54, 1.807) is 34.9 Å². The smallest absolute Gasteiger partial charge is 0.269 e. The second kappa shape index (κ2) is 7.21. The Labute approximate surface area is 176 Å². The Morgan fingerprint density at radius 1 is 0.903 bits per heavy atom. The molecule has 4 aromatic rings. The molecule has 9 heteroatoms. The molecule has 0 saturated carbocycles. The number of hydrogen-bond acceptors (Lipinski definition) is 5. The molecule has 2 aromatic carbocycles. The summed E-state index contributed by atoms with van der Waals surface area (Å²) < 4.78 is 3.20. The minimum Gasteiger partial charge on any atom is -0.298 e. The highest BCUT2D eigenvalue weighted by Gasteiger charge is 2.28. The Hall–Kier alpha value is -4.27. The summed E-state index contributed by atoms with van der Waals surface area (Å²) in [7, 11) is 0. The van der Waals surface area contributed by atoms with Crippen LogP contribution in [0.1, 0.15) is 31.1 Å². The van der Waals surface area contributed by atoms with Crippen molar-refractivity contribution < 1.29 is 19.3 Å². The first-order valence-electron chi connectivity index (χ1n) is 9.44. The zero-order chi connectivity index (χ0) is 22.4. The van der Waals surface area contributed by atoms with E-state index in [-0.39, 0.29) is 11.5 Å². The third-order valence-corrected chi connectivity index (χ3v) is 5.09. The minimum atomic E-state index is -0.497. The normalized spacial score (nSPS) is 11.1. The average molecular weight is 418 g/mol. The molecule has 9 nitrogen and oxygen atoms in total. The molecule has 0 N–H and O–H groups in total. The molecule has 2 heterocycles. The van der Waals surface area contributed by atoms with Gasteiger partial charge in [0, 0.05) is 37.7 Å². The molecule has 0 bridgehead atoms. The van der Waals surface area contributed by atoms with Gasteiger partial charge in [0.2, 0.25) is 11.8 Å². The number of imidazole rings is 1. The number of benzene rings is 2. The summed E-state index contributed by atoms with van der Waals surface area (Å²) in [5.41, 5.74) is 3.04. The molecule has 31 heavy (non-hydrogen) atoms. The molecule has 0 saturated heterocycles. The number of non-ortho nitro benzene ring substituents is 1. The Morgan fingerprint density at radius 3 is 2.00 bits per heavy atom. The first-order chi connectivity index (χ1) is 14.7. The molecule has 156 valence electrons. The van der Waals surface area contributed by atoms with Crippen LogP contribution in [0.4, 0.5) is 5.69 Å². The number of nitrogens with zero attached hydrogens (tertiary/aromatic N) is 4. The molecule has 0 unspecified atom stereocenters. The monoisotopic (exact) mass is 418 g/mol. The number of Topliss-reactive ketones (excluding diaryl/α,β-unsaturated/α-hetero) is 1. The van der Waals surface area contributed by atoms with Crippen molar-refractivity contribution in [2.45, 2.75) is 20.8 Å². The van der Waals surface area contributed by atoms with Crippen LogP contribution in [0.15, 0.2) is 54.7 Å². The fourth-order valence-electron chi connectivity index (χ4n) is 3.88. The van der Waals surface area contributed by atoms with E-state index in [1.807, 2.05) is 12.1 Å². The maximum Gasteiger partial charge on any atom is 0.269 e. The number of nitro benzene ring substituents is 1. The van der Waals surface area contributed by atoms with Crippen molar-refractivity contribution in [2.75, 3.05) is 5.01 Å². The number of imide groups is 1. The van der Waals surface area contributed by atoms with Gasteiger partial charge in [-0.2, -0.15) is 5.01 Å². The number of aromatic nitrogens is 2. The Kier molecular flexibility index (Phi) is 4.65. The van der Waals surface area contributed by atoms with Crippen molar-refractivity contribution in [2.24, 2.45) is 0 Å². The highest BCUT2D eigenvalue weighted by molar-refractivity contribution is 6.12. The second-order valence-corrected chi connectivity index (χ2v) is 7.12. The lowest BCUT2D eigenvalue weighted by atomic mass is 10.0. The lowest BCUT2D eigenvalue weighted by Gasteiger charge is -2.20.